The summed E-state index contributed by atoms with van der Waals surface area (Å²) in [5, 5.41) is 27.2. The molecule has 0 spiro atoms. The fourth-order valence-corrected chi connectivity index (χ4v) is 4.67. The zero-order valence-electron chi connectivity index (χ0n) is 19.9. The van der Waals surface area contributed by atoms with E-state index in [0.717, 1.165) is 11.1 Å². The highest BCUT2D eigenvalue weighted by Gasteiger charge is 2.40. The molecule has 2 saturated heterocycles. The summed E-state index contributed by atoms with van der Waals surface area (Å²) in [4.78, 5) is 24.1. The summed E-state index contributed by atoms with van der Waals surface area (Å²) in [6.07, 6.45) is 10.3. The molecule has 0 amide bonds. The molecule has 4 aromatic rings. The molecule has 3 unspecified atom stereocenters. The molecule has 14 heteroatoms. The Bertz CT molecular complexity index is 1440. The first-order valence-electron chi connectivity index (χ1n) is 12.1. The zero-order valence-corrected chi connectivity index (χ0v) is 19.9. The van der Waals surface area contributed by atoms with Gasteiger partial charge in [-0.05, 0) is 0 Å². The van der Waals surface area contributed by atoms with Gasteiger partial charge in [-0.15, -0.1) is 0 Å². The van der Waals surface area contributed by atoms with E-state index in [1.165, 1.54) is 12.7 Å². The number of H-pyrrole nitrogens is 1. The van der Waals surface area contributed by atoms with Crippen LogP contribution in [0, 0.1) is 0 Å². The molecule has 37 heavy (non-hydrogen) atoms. The van der Waals surface area contributed by atoms with Crippen LogP contribution in [0.4, 0.5) is 11.6 Å². The predicted molar refractivity (Wildman–Crippen MR) is 134 cm³/mol. The van der Waals surface area contributed by atoms with E-state index in [2.05, 4.69) is 40.5 Å². The van der Waals surface area contributed by atoms with Gasteiger partial charge in [-0.1, -0.05) is 12.2 Å². The van der Waals surface area contributed by atoms with Crippen LogP contribution >= 0.6 is 0 Å². The maximum Gasteiger partial charge on any atom is 0.182 e. The van der Waals surface area contributed by atoms with Gasteiger partial charge in [-0.3, -0.25) is 5.32 Å². The number of nitrogens with one attached hydrogen (secondary N) is 3. The van der Waals surface area contributed by atoms with Crippen molar-refractivity contribution in [3.63, 3.8) is 0 Å². The number of nitrogen functional groups attached to an aromatic ring is 1. The van der Waals surface area contributed by atoms with Gasteiger partial charge in [0, 0.05) is 44.3 Å². The lowest BCUT2D eigenvalue weighted by Gasteiger charge is -2.19. The van der Waals surface area contributed by atoms with E-state index in [0.29, 0.717) is 47.8 Å². The smallest absolute Gasteiger partial charge is 0.182 e. The molecule has 0 bridgehead atoms. The van der Waals surface area contributed by atoms with Gasteiger partial charge in [0.25, 0.3) is 0 Å². The Hall–Kier alpha value is -3.69. The monoisotopic (exact) mass is 508 g/mol. The number of aliphatic hydroxyl groups excluding tert-OH is 1. The van der Waals surface area contributed by atoms with Crippen LogP contribution in [0.3, 0.4) is 0 Å². The van der Waals surface area contributed by atoms with Gasteiger partial charge in [-0.25, -0.2) is 24.9 Å². The lowest BCUT2D eigenvalue weighted by Crippen LogP contribution is -2.30. The minimum absolute atomic E-state index is 0.0833. The van der Waals surface area contributed by atoms with Gasteiger partial charge in [0.05, 0.1) is 23.9 Å². The summed E-state index contributed by atoms with van der Waals surface area (Å²) in [5.74, 6) is 1.07. The minimum Gasteiger partial charge on any atom is -0.396 e. The molecule has 4 atom stereocenters. The number of aromatic amines is 1. The van der Waals surface area contributed by atoms with Gasteiger partial charge in [0.15, 0.2) is 11.5 Å². The molecule has 0 aromatic carbocycles. The number of ether oxygens (including phenoxy) is 2. The number of fused-ring (bicyclic) bond motifs is 2. The van der Waals surface area contributed by atoms with Crippen LogP contribution in [-0.4, -0.2) is 88.9 Å². The van der Waals surface area contributed by atoms with E-state index < -0.39 is 11.8 Å². The van der Waals surface area contributed by atoms with Crippen molar-refractivity contribution < 1.29 is 19.7 Å². The largest absolute Gasteiger partial charge is 0.396 e. The highest BCUT2D eigenvalue weighted by atomic mass is 16.6. The van der Waals surface area contributed by atoms with Crippen molar-refractivity contribution in [1.82, 2.24) is 39.8 Å². The molecular weight excluding hydrogens is 480 g/mol. The number of nitrogens with two attached hydrogens (primary N) is 1. The molecule has 0 radical (unpaired) electrons. The maximum absolute atomic E-state index is 10.7. The second-order valence-electron chi connectivity index (χ2n) is 9.20. The third-order valence-electron chi connectivity index (χ3n) is 6.63. The summed E-state index contributed by atoms with van der Waals surface area (Å²) < 4.78 is 13.4. The molecule has 2 fully saturated rings. The predicted octanol–water partition coefficient (Wildman–Crippen LogP) is 0.152. The van der Waals surface area contributed by atoms with Gasteiger partial charge in [-0.2, -0.15) is 0 Å². The number of rotatable bonds is 10. The van der Waals surface area contributed by atoms with Crippen LogP contribution in [0.2, 0.25) is 0 Å². The first-order valence-corrected chi connectivity index (χ1v) is 12.1. The average molecular weight is 509 g/mol. The number of epoxide rings is 1. The molecule has 7 N–H and O–H groups in total. The summed E-state index contributed by atoms with van der Waals surface area (Å²) in [5.41, 5.74) is 7.96. The Morgan fingerprint density at radius 3 is 3.00 bits per heavy atom. The quantitative estimate of drug-likeness (QED) is 0.125. The van der Waals surface area contributed by atoms with Gasteiger partial charge < -0.3 is 40.3 Å². The molecule has 2 aliphatic heterocycles. The Balaban J connectivity index is 1.08. The number of imidazole rings is 1. The number of anilines is 2. The lowest BCUT2D eigenvalue weighted by molar-refractivity contribution is -0.00136. The van der Waals surface area contributed by atoms with Crippen molar-refractivity contribution in [3.8, 4) is 0 Å². The van der Waals surface area contributed by atoms with Gasteiger partial charge >= 0.3 is 0 Å². The first kappa shape index (κ1) is 23.7. The van der Waals surface area contributed by atoms with Gasteiger partial charge in [0.2, 0.25) is 0 Å². The molecule has 14 nitrogen and oxygen atoms in total. The summed E-state index contributed by atoms with van der Waals surface area (Å²) in [7, 11) is 0. The summed E-state index contributed by atoms with van der Waals surface area (Å²) in [6, 6.07) is 0. The second kappa shape index (κ2) is 9.64. The molecule has 6 rings (SSSR count). The fourth-order valence-electron chi connectivity index (χ4n) is 4.67. The first-order chi connectivity index (χ1) is 18.0. The highest BCUT2D eigenvalue weighted by molar-refractivity contribution is 5.94. The van der Waals surface area contributed by atoms with Gasteiger partial charge in [0.1, 0.15) is 48.2 Å². The number of aromatic nitrogens is 7. The van der Waals surface area contributed by atoms with Crippen LogP contribution < -0.4 is 16.4 Å². The van der Waals surface area contributed by atoms with E-state index in [1.807, 2.05) is 22.9 Å². The fraction of sp³-hybridized carbons (Fsp3) is 0.435. The Morgan fingerprint density at radius 1 is 1.22 bits per heavy atom. The average Bonchev–Trinajstić information content (AvgIpc) is 3.21. The normalized spacial score (nSPS) is 25.5. The van der Waals surface area contributed by atoms with Crippen molar-refractivity contribution >= 4 is 39.9 Å². The van der Waals surface area contributed by atoms with Crippen LogP contribution in [-0.2, 0) is 9.47 Å². The van der Waals surface area contributed by atoms with Crippen molar-refractivity contribution in [1.29, 1.82) is 0 Å². The highest BCUT2D eigenvalue weighted by Crippen LogP contribution is 2.37. The van der Waals surface area contributed by atoms with Crippen molar-refractivity contribution in [2.24, 2.45) is 0 Å². The Labute approximate surface area is 211 Å². The second-order valence-corrected chi connectivity index (χ2v) is 9.20. The number of hydrogen-bond donors (Lipinski definition) is 6. The third-order valence-corrected chi connectivity index (χ3v) is 6.63. The molecule has 4 aromatic heterocycles. The number of nitrogens with zero attached hydrogens (tertiary/aromatic N) is 6. The Kier molecular flexibility index (Phi) is 6.18. The van der Waals surface area contributed by atoms with E-state index >= 15 is 0 Å². The zero-order chi connectivity index (χ0) is 25.4. The molecule has 0 aliphatic carbocycles. The number of aliphatic hydroxyl groups is 2. The van der Waals surface area contributed by atoms with Crippen LogP contribution in [0.15, 0.2) is 31.3 Å². The Morgan fingerprint density at radius 2 is 2.11 bits per heavy atom. The minimum atomic E-state index is -1.07. The van der Waals surface area contributed by atoms with E-state index in [1.54, 1.807) is 6.33 Å². The molecular formula is C23H28N10O4. The van der Waals surface area contributed by atoms with E-state index in [4.69, 9.17) is 15.2 Å². The number of hydrogen-bond acceptors (Lipinski definition) is 12. The van der Waals surface area contributed by atoms with Crippen LogP contribution in [0.1, 0.15) is 24.6 Å². The topological polar surface area (TPSA) is 197 Å². The lowest BCUT2D eigenvalue weighted by atomic mass is 9.99. The third kappa shape index (κ3) is 4.72. The van der Waals surface area contributed by atoms with Crippen molar-refractivity contribution in [2.45, 2.75) is 37.0 Å². The maximum atomic E-state index is 10.7. The van der Waals surface area contributed by atoms with Crippen molar-refractivity contribution in [2.75, 3.05) is 37.4 Å². The van der Waals surface area contributed by atoms with Crippen LogP contribution in [0.25, 0.3) is 28.3 Å². The van der Waals surface area contributed by atoms with Crippen molar-refractivity contribution in [3.05, 3.63) is 36.8 Å². The summed E-state index contributed by atoms with van der Waals surface area (Å²) >= 11 is 0. The SMILES string of the molecule is Nc1ncnc2c1c(/C=C/C1OC1NCCNc1ncnc3nc[nH]c13)cn2[C@H]1CC(O)(CCO)CO1. The standard InChI is InChI=1S/C23H28N10O4/c24-18-16-13(8-33(21(16)32-11-28-18)15-7-23(35,3-6-34)9-36-15)1-2-14-22(37-14)26-5-4-25-19-17-20(29-10-27-17)31-12-30-19/h1-2,8,10-12,14-15,22,26,34-35H,3-7,9H2,(H2,24,28,32)(H2,25,27,29,30,31)/b2-1+/t14?,15-,22?,23?/m1/s1. The summed E-state index contributed by atoms with van der Waals surface area (Å²) in [6.45, 7) is 1.35. The van der Waals surface area contributed by atoms with Crippen LogP contribution in [0.5, 0.6) is 0 Å². The molecule has 6 heterocycles. The molecule has 0 saturated carbocycles. The van der Waals surface area contributed by atoms with E-state index in [9.17, 15) is 10.2 Å². The van der Waals surface area contributed by atoms with E-state index in [-0.39, 0.29) is 32.0 Å². The molecule has 2 aliphatic rings. The molecule has 194 valence electrons.